The lowest BCUT2D eigenvalue weighted by Crippen LogP contribution is -2.29. The zero-order chi connectivity index (χ0) is 11.8. The molecule has 0 aliphatic heterocycles. The summed E-state index contributed by atoms with van der Waals surface area (Å²) < 4.78 is 0. The van der Waals surface area contributed by atoms with E-state index in [1.165, 1.54) is 58.0 Å². The molecule has 0 bridgehead atoms. The van der Waals surface area contributed by atoms with Crippen LogP contribution in [0.4, 0.5) is 0 Å². The lowest BCUT2D eigenvalue weighted by atomic mass is 9.82. The first-order valence-electron chi connectivity index (χ1n) is 7.44. The quantitative estimate of drug-likeness (QED) is 0.527. The fourth-order valence-electron chi connectivity index (χ4n) is 3.11. The molecule has 1 N–H and O–H groups in total. The van der Waals surface area contributed by atoms with Crippen molar-refractivity contribution in [3.63, 3.8) is 0 Å². The van der Waals surface area contributed by atoms with Crippen molar-refractivity contribution < 1.29 is 0 Å². The van der Waals surface area contributed by atoms with Gasteiger partial charge in [-0.2, -0.15) is 0 Å². The van der Waals surface area contributed by atoms with E-state index in [0.29, 0.717) is 0 Å². The second-order valence-corrected chi connectivity index (χ2v) is 5.99. The molecule has 0 spiro atoms. The lowest BCUT2D eigenvalue weighted by Gasteiger charge is -2.27. The van der Waals surface area contributed by atoms with E-state index in [1.54, 1.807) is 0 Å². The van der Waals surface area contributed by atoms with Crippen molar-refractivity contribution in [3.05, 3.63) is 0 Å². The van der Waals surface area contributed by atoms with Crippen molar-refractivity contribution >= 4 is 0 Å². The van der Waals surface area contributed by atoms with Gasteiger partial charge in [0.2, 0.25) is 0 Å². The first-order chi connectivity index (χ1) is 7.74. The van der Waals surface area contributed by atoms with Crippen LogP contribution >= 0.6 is 0 Å². The van der Waals surface area contributed by atoms with Crippen LogP contribution in [0.15, 0.2) is 0 Å². The Morgan fingerprint density at radius 2 is 1.75 bits per heavy atom. The molecule has 16 heavy (non-hydrogen) atoms. The van der Waals surface area contributed by atoms with Crippen LogP contribution in [0.2, 0.25) is 0 Å². The highest BCUT2D eigenvalue weighted by atomic mass is 14.9. The van der Waals surface area contributed by atoms with Gasteiger partial charge in [0.1, 0.15) is 0 Å². The minimum atomic E-state index is 0.872. The van der Waals surface area contributed by atoms with Gasteiger partial charge in [-0.3, -0.25) is 0 Å². The van der Waals surface area contributed by atoms with Gasteiger partial charge < -0.3 is 5.32 Å². The summed E-state index contributed by atoms with van der Waals surface area (Å²) in [5.74, 6) is 2.82. The smallest absolute Gasteiger partial charge is 0.00179 e. The largest absolute Gasteiger partial charge is 0.316 e. The molecule has 1 saturated carbocycles. The molecule has 2 atom stereocenters. The summed E-state index contributed by atoms with van der Waals surface area (Å²) in [5, 5.41) is 3.64. The summed E-state index contributed by atoms with van der Waals surface area (Å²) in [5.41, 5.74) is 0. The Bertz CT molecular complexity index is 165. The molecular formula is C15H31N. The van der Waals surface area contributed by atoms with Crippen LogP contribution in [-0.2, 0) is 0 Å². The van der Waals surface area contributed by atoms with E-state index in [2.05, 4.69) is 26.1 Å². The number of hydrogen-bond acceptors (Lipinski definition) is 1. The van der Waals surface area contributed by atoms with Gasteiger partial charge in [0, 0.05) is 0 Å². The second kappa shape index (κ2) is 8.11. The molecule has 1 aliphatic carbocycles. The van der Waals surface area contributed by atoms with Crippen LogP contribution in [0.1, 0.15) is 65.7 Å². The maximum absolute atomic E-state index is 3.64. The number of rotatable bonds is 6. The summed E-state index contributed by atoms with van der Waals surface area (Å²) >= 11 is 0. The van der Waals surface area contributed by atoms with Crippen molar-refractivity contribution in [1.82, 2.24) is 5.32 Å². The predicted molar refractivity (Wildman–Crippen MR) is 72.7 cm³/mol. The Labute approximate surface area is 102 Å². The van der Waals surface area contributed by atoms with E-state index in [9.17, 15) is 0 Å². The standard InChI is InChI=1S/C15H31N/c1-4-10-16-12-15-9-7-5-6-8-14(15)11-13(2)3/h13-16H,4-12H2,1-3H3. The van der Waals surface area contributed by atoms with Gasteiger partial charge in [-0.1, -0.05) is 46.5 Å². The minimum absolute atomic E-state index is 0.872. The average molecular weight is 225 g/mol. The Hall–Kier alpha value is -0.0400. The molecule has 1 aliphatic rings. The molecule has 1 fully saturated rings. The van der Waals surface area contributed by atoms with E-state index in [1.807, 2.05) is 0 Å². The van der Waals surface area contributed by atoms with Gasteiger partial charge in [0.05, 0.1) is 0 Å². The molecule has 96 valence electrons. The zero-order valence-electron chi connectivity index (χ0n) is 11.6. The Balaban J connectivity index is 2.38. The third kappa shape index (κ3) is 5.34. The van der Waals surface area contributed by atoms with Crippen molar-refractivity contribution in [1.29, 1.82) is 0 Å². The Morgan fingerprint density at radius 1 is 1.06 bits per heavy atom. The maximum Gasteiger partial charge on any atom is -0.00179 e. The van der Waals surface area contributed by atoms with Gasteiger partial charge in [-0.15, -0.1) is 0 Å². The molecule has 1 rings (SSSR count). The third-order valence-corrected chi connectivity index (χ3v) is 3.92. The van der Waals surface area contributed by atoms with Crippen molar-refractivity contribution in [2.24, 2.45) is 17.8 Å². The fourth-order valence-corrected chi connectivity index (χ4v) is 3.11. The van der Waals surface area contributed by atoms with Crippen molar-refractivity contribution in [3.8, 4) is 0 Å². The molecular weight excluding hydrogens is 194 g/mol. The summed E-state index contributed by atoms with van der Waals surface area (Å²) in [6.07, 6.45) is 10.1. The van der Waals surface area contributed by atoms with E-state index in [-0.39, 0.29) is 0 Å². The van der Waals surface area contributed by atoms with Gasteiger partial charge in [-0.25, -0.2) is 0 Å². The molecule has 0 aromatic heterocycles. The van der Waals surface area contributed by atoms with Crippen LogP contribution in [0.3, 0.4) is 0 Å². The first-order valence-corrected chi connectivity index (χ1v) is 7.44. The highest BCUT2D eigenvalue weighted by Gasteiger charge is 2.23. The van der Waals surface area contributed by atoms with E-state index < -0.39 is 0 Å². The van der Waals surface area contributed by atoms with Crippen LogP contribution in [0, 0.1) is 17.8 Å². The van der Waals surface area contributed by atoms with Crippen molar-refractivity contribution in [2.45, 2.75) is 65.7 Å². The van der Waals surface area contributed by atoms with Crippen LogP contribution in [0.5, 0.6) is 0 Å². The molecule has 2 unspecified atom stereocenters. The maximum atomic E-state index is 3.64. The third-order valence-electron chi connectivity index (χ3n) is 3.92. The second-order valence-electron chi connectivity index (χ2n) is 5.99. The molecule has 0 aromatic carbocycles. The zero-order valence-corrected chi connectivity index (χ0v) is 11.6. The average Bonchev–Trinajstić information content (AvgIpc) is 2.44. The van der Waals surface area contributed by atoms with E-state index in [0.717, 1.165) is 17.8 Å². The molecule has 0 saturated heterocycles. The van der Waals surface area contributed by atoms with Gasteiger partial charge in [0.15, 0.2) is 0 Å². The van der Waals surface area contributed by atoms with E-state index in [4.69, 9.17) is 0 Å². The normalized spacial score (nSPS) is 27.0. The number of hydrogen-bond donors (Lipinski definition) is 1. The molecule has 0 heterocycles. The lowest BCUT2D eigenvalue weighted by molar-refractivity contribution is 0.257. The summed E-state index contributed by atoms with van der Waals surface area (Å²) in [6.45, 7) is 9.48. The van der Waals surface area contributed by atoms with Crippen molar-refractivity contribution in [2.75, 3.05) is 13.1 Å². The minimum Gasteiger partial charge on any atom is -0.316 e. The molecule has 0 aromatic rings. The van der Waals surface area contributed by atoms with Crippen LogP contribution < -0.4 is 5.32 Å². The Kier molecular flexibility index (Phi) is 7.11. The van der Waals surface area contributed by atoms with E-state index >= 15 is 0 Å². The first kappa shape index (κ1) is 14.0. The topological polar surface area (TPSA) is 12.0 Å². The van der Waals surface area contributed by atoms with Gasteiger partial charge >= 0.3 is 0 Å². The molecule has 1 nitrogen and oxygen atoms in total. The van der Waals surface area contributed by atoms with Gasteiger partial charge in [-0.05, 0) is 50.1 Å². The SMILES string of the molecule is CCCNCC1CCCCCC1CC(C)C. The highest BCUT2D eigenvalue weighted by molar-refractivity contribution is 4.76. The summed E-state index contributed by atoms with van der Waals surface area (Å²) in [6, 6.07) is 0. The highest BCUT2D eigenvalue weighted by Crippen LogP contribution is 2.32. The monoisotopic (exact) mass is 225 g/mol. The molecule has 1 heteroatoms. The predicted octanol–water partition coefficient (Wildman–Crippen LogP) is 4.23. The molecule has 0 amide bonds. The summed E-state index contributed by atoms with van der Waals surface area (Å²) in [4.78, 5) is 0. The number of nitrogens with one attached hydrogen (secondary N) is 1. The fraction of sp³-hybridized carbons (Fsp3) is 1.00. The van der Waals surface area contributed by atoms with Crippen LogP contribution in [0.25, 0.3) is 0 Å². The summed E-state index contributed by atoms with van der Waals surface area (Å²) in [7, 11) is 0. The Morgan fingerprint density at radius 3 is 2.38 bits per heavy atom. The van der Waals surface area contributed by atoms with Crippen LogP contribution in [-0.4, -0.2) is 13.1 Å². The van der Waals surface area contributed by atoms with Gasteiger partial charge in [0.25, 0.3) is 0 Å². The molecule has 0 radical (unpaired) electrons.